The maximum atomic E-state index is 12.7. The first-order valence-corrected chi connectivity index (χ1v) is 10.7. The summed E-state index contributed by atoms with van der Waals surface area (Å²) in [5.74, 6) is -0.221. The summed E-state index contributed by atoms with van der Waals surface area (Å²) in [6.45, 7) is 0. The zero-order valence-electron chi connectivity index (χ0n) is 17.4. The van der Waals surface area contributed by atoms with E-state index in [9.17, 15) is 9.59 Å². The number of amides is 1. The van der Waals surface area contributed by atoms with Gasteiger partial charge < -0.3 is 5.32 Å². The fourth-order valence-corrected chi connectivity index (χ4v) is 4.15. The molecule has 0 unspecified atom stereocenters. The van der Waals surface area contributed by atoms with Gasteiger partial charge in [0, 0.05) is 30.1 Å². The molecule has 8 heteroatoms. The number of nitrogens with one attached hydrogen (secondary N) is 1. The van der Waals surface area contributed by atoms with E-state index < -0.39 is 0 Å². The van der Waals surface area contributed by atoms with Gasteiger partial charge >= 0.3 is 0 Å². The van der Waals surface area contributed by atoms with Crippen molar-refractivity contribution in [2.24, 2.45) is 0 Å². The summed E-state index contributed by atoms with van der Waals surface area (Å²) >= 11 is 0. The minimum absolute atomic E-state index is 0.0119. The van der Waals surface area contributed by atoms with Crippen molar-refractivity contribution in [3.63, 3.8) is 0 Å². The molecule has 1 aliphatic carbocycles. The van der Waals surface area contributed by atoms with E-state index in [4.69, 9.17) is 0 Å². The quantitative estimate of drug-likeness (QED) is 0.538. The summed E-state index contributed by atoms with van der Waals surface area (Å²) in [5.41, 5.74) is 3.33. The molecule has 1 fully saturated rings. The number of aromatic nitrogens is 5. The average Bonchev–Trinajstić information content (AvgIpc) is 2.85. The van der Waals surface area contributed by atoms with Crippen molar-refractivity contribution in [1.29, 1.82) is 0 Å². The number of carbonyl (C=O) groups excluding carboxylic acids is 1. The molecule has 1 N–H and O–H groups in total. The minimum Gasteiger partial charge on any atom is -0.348 e. The minimum atomic E-state index is -0.221. The Balaban J connectivity index is 1.25. The van der Waals surface area contributed by atoms with E-state index >= 15 is 0 Å². The highest BCUT2D eigenvalue weighted by atomic mass is 16.2. The number of carbonyl (C=O) groups is 1. The Labute approximate surface area is 184 Å². The van der Waals surface area contributed by atoms with Gasteiger partial charge in [0.1, 0.15) is 5.69 Å². The first kappa shape index (κ1) is 20.0. The summed E-state index contributed by atoms with van der Waals surface area (Å²) in [6.07, 6.45) is 8.00. The van der Waals surface area contributed by atoms with Gasteiger partial charge in [-0.1, -0.05) is 12.1 Å². The van der Waals surface area contributed by atoms with Crippen molar-refractivity contribution in [2.75, 3.05) is 0 Å². The van der Waals surface area contributed by atoms with Gasteiger partial charge in [0.05, 0.1) is 29.0 Å². The van der Waals surface area contributed by atoms with Crippen molar-refractivity contribution >= 4 is 16.9 Å². The lowest BCUT2D eigenvalue weighted by atomic mass is 9.91. The van der Waals surface area contributed by atoms with Crippen LogP contribution in [0.15, 0.2) is 71.9 Å². The maximum Gasteiger partial charge on any atom is 0.271 e. The topological polar surface area (TPSA) is 103 Å². The normalized spacial score (nSPS) is 18.4. The van der Waals surface area contributed by atoms with Crippen LogP contribution in [0, 0.1) is 0 Å². The molecule has 0 atom stereocenters. The molecule has 0 radical (unpaired) electrons. The first-order chi connectivity index (χ1) is 15.7. The van der Waals surface area contributed by atoms with Crippen LogP contribution in [0.25, 0.3) is 22.3 Å². The SMILES string of the molecule is O=C(NC1CCC(n2nc(-c3ccncc3)ccc2=O)CC1)c1cnc2ccccc2n1. The Kier molecular flexibility index (Phi) is 5.41. The fourth-order valence-electron chi connectivity index (χ4n) is 4.15. The van der Waals surface area contributed by atoms with Crippen LogP contribution in [0.2, 0.25) is 0 Å². The van der Waals surface area contributed by atoms with Crippen LogP contribution >= 0.6 is 0 Å². The number of hydrogen-bond donors (Lipinski definition) is 1. The molecule has 1 saturated carbocycles. The predicted molar refractivity (Wildman–Crippen MR) is 120 cm³/mol. The van der Waals surface area contributed by atoms with Crippen molar-refractivity contribution in [3.8, 4) is 11.3 Å². The molecular weight excluding hydrogens is 404 g/mol. The molecule has 3 heterocycles. The average molecular weight is 426 g/mol. The Hall–Kier alpha value is -3.94. The molecule has 0 spiro atoms. The number of fused-ring (bicyclic) bond motifs is 1. The third kappa shape index (κ3) is 4.12. The Morgan fingerprint density at radius 2 is 1.69 bits per heavy atom. The maximum absolute atomic E-state index is 12.7. The molecule has 32 heavy (non-hydrogen) atoms. The molecule has 160 valence electrons. The van der Waals surface area contributed by atoms with Crippen molar-refractivity contribution in [1.82, 2.24) is 30.0 Å². The van der Waals surface area contributed by atoms with Gasteiger partial charge in [0.15, 0.2) is 0 Å². The molecule has 1 aromatic carbocycles. The van der Waals surface area contributed by atoms with E-state index in [2.05, 4.69) is 25.4 Å². The van der Waals surface area contributed by atoms with Crippen LogP contribution in [-0.2, 0) is 0 Å². The van der Waals surface area contributed by atoms with Crippen LogP contribution in [0.5, 0.6) is 0 Å². The van der Waals surface area contributed by atoms with Gasteiger partial charge in [0.25, 0.3) is 11.5 Å². The van der Waals surface area contributed by atoms with Gasteiger partial charge in [-0.15, -0.1) is 0 Å². The van der Waals surface area contributed by atoms with Crippen molar-refractivity contribution < 1.29 is 4.79 Å². The molecule has 5 rings (SSSR count). The number of rotatable bonds is 4. The van der Waals surface area contributed by atoms with Gasteiger partial charge in [-0.05, 0) is 56.0 Å². The highest BCUT2D eigenvalue weighted by Gasteiger charge is 2.25. The van der Waals surface area contributed by atoms with Crippen LogP contribution in [-0.4, -0.2) is 36.7 Å². The number of benzene rings is 1. The lowest BCUT2D eigenvalue weighted by Gasteiger charge is -2.29. The zero-order chi connectivity index (χ0) is 21.9. The number of hydrogen-bond acceptors (Lipinski definition) is 6. The second-order valence-electron chi connectivity index (χ2n) is 7.96. The monoisotopic (exact) mass is 426 g/mol. The van der Waals surface area contributed by atoms with Gasteiger partial charge in [0.2, 0.25) is 0 Å². The third-order valence-corrected chi connectivity index (χ3v) is 5.86. The smallest absolute Gasteiger partial charge is 0.271 e. The highest BCUT2D eigenvalue weighted by Crippen LogP contribution is 2.28. The predicted octanol–water partition coefficient (Wildman–Crippen LogP) is 3.16. The van der Waals surface area contributed by atoms with Gasteiger partial charge in [-0.2, -0.15) is 5.10 Å². The second-order valence-corrected chi connectivity index (χ2v) is 7.96. The number of pyridine rings is 1. The van der Waals surface area contributed by atoms with E-state index in [1.165, 1.54) is 6.20 Å². The lowest BCUT2D eigenvalue weighted by molar-refractivity contribution is 0.0916. The molecule has 0 bridgehead atoms. The van der Waals surface area contributed by atoms with Crippen LogP contribution in [0.1, 0.15) is 42.2 Å². The molecule has 0 aliphatic heterocycles. The summed E-state index contributed by atoms with van der Waals surface area (Å²) < 4.78 is 1.59. The van der Waals surface area contributed by atoms with Crippen LogP contribution < -0.4 is 10.9 Å². The Bertz CT molecular complexity index is 1310. The summed E-state index contributed by atoms with van der Waals surface area (Å²) in [7, 11) is 0. The van der Waals surface area contributed by atoms with Crippen LogP contribution in [0.3, 0.4) is 0 Å². The van der Waals surface area contributed by atoms with Crippen molar-refractivity contribution in [3.05, 3.63) is 83.2 Å². The Morgan fingerprint density at radius 1 is 0.938 bits per heavy atom. The van der Waals surface area contributed by atoms with E-state index in [0.717, 1.165) is 42.5 Å². The fraction of sp³-hybridized carbons (Fsp3) is 0.250. The molecule has 0 saturated heterocycles. The summed E-state index contributed by atoms with van der Waals surface area (Å²) in [6, 6.07) is 14.6. The van der Waals surface area contributed by atoms with E-state index in [0.29, 0.717) is 11.2 Å². The molecule has 8 nitrogen and oxygen atoms in total. The van der Waals surface area contributed by atoms with Gasteiger partial charge in [-0.25, -0.2) is 9.67 Å². The van der Waals surface area contributed by atoms with Gasteiger partial charge in [-0.3, -0.25) is 19.6 Å². The highest BCUT2D eigenvalue weighted by molar-refractivity contribution is 5.93. The lowest BCUT2D eigenvalue weighted by Crippen LogP contribution is -2.40. The second kappa shape index (κ2) is 8.66. The largest absolute Gasteiger partial charge is 0.348 e. The molecule has 1 aliphatic rings. The van der Waals surface area contributed by atoms with Crippen molar-refractivity contribution in [2.45, 2.75) is 37.8 Å². The van der Waals surface area contributed by atoms with Crippen LogP contribution in [0.4, 0.5) is 0 Å². The summed E-state index contributed by atoms with van der Waals surface area (Å²) in [5, 5.41) is 7.67. The van der Waals surface area contributed by atoms with E-state index in [1.807, 2.05) is 36.4 Å². The zero-order valence-corrected chi connectivity index (χ0v) is 17.4. The number of para-hydroxylation sites is 2. The summed E-state index contributed by atoms with van der Waals surface area (Å²) in [4.78, 5) is 37.9. The molecule has 4 aromatic rings. The Morgan fingerprint density at radius 3 is 2.47 bits per heavy atom. The standard InChI is InChI=1S/C24H22N6O2/c31-23-10-9-19(16-11-13-25-14-12-16)29-30(23)18-7-5-17(6-8-18)27-24(32)22-15-26-20-3-1-2-4-21(20)28-22/h1-4,9-15,17-18H,5-8H2,(H,27,32). The third-order valence-electron chi connectivity index (χ3n) is 5.86. The molecule has 3 aromatic heterocycles. The van der Waals surface area contributed by atoms with E-state index in [1.54, 1.807) is 29.2 Å². The molecular formula is C24H22N6O2. The number of nitrogens with zero attached hydrogens (tertiary/aromatic N) is 5. The van der Waals surface area contributed by atoms with E-state index in [-0.39, 0.29) is 23.6 Å². The first-order valence-electron chi connectivity index (χ1n) is 10.7. The molecule has 1 amide bonds.